The van der Waals surface area contributed by atoms with Crippen molar-refractivity contribution in [1.82, 2.24) is 0 Å². The SMILES string of the molecule is C=C(C)C(=C)OCC(CCC[Si](C)(C)c1ccc(C2CCC(C3CCC(CCCCC)CC3)CC2)cc1)COCC1CO1. The molecule has 3 nitrogen and oxygen atoms in total. The second-order valence-corrected chi connectivity index (χ2v) is 20.0. The Labute approximate surface area is 266 Å². The number of unbranched alkanes of at least 4 members (excludes halogenated alkanes) is 2. The highest BCUT2D eigenvalue weighted by Gasteiger charge is 2.32. The summed E-state index contributed by atoms with van der Waals surface area (Å²) in [5.41, 5.74) is 2.49. The highest BCUT2D eigenvalue weighted by Crippen LogP contribution is 2.44. The zero-order valence-corrected chi connectivity index (χ0v) is 29.3. The van der Waals surface area contributed by atoms with E-state index in [2.05, 4.69) is 57.4 Å². The third-order valence-electron chi connectivity index (χ3n) is 11.2. The summed E-state index contributed by atoms with van der Waals surface area (Å²) in [4.78, 5) is 0. The van der Waals surface area contributed by atoms with Crippen molar-refractivity contribution in [1.29, 1.82) is 0 Å². The molecule has 0 spiro atoms. The largest absolute Gasteiger partial charge is 0.494 e. The molecule has 0 N–H and O–H groups in total. The molecule has 4 rings (SSSR count). The van der Waals surface area contributed by atoms with Crippen LogP contribution in [0, 0.1) is 23.7 Å². The summed E-state index contributed by atoms with van der Waals surface area (Å²) in [6.07, 6.45) is 20.2. The molecule has 0 amide bonds. The molecule has 1 saturated heterocycles. The number of epoxide rings is 1. The van der Waals surface area contributed by atoms with E-state index < -0.39 is 8.07 Å². The molecule has 0 bridgehead atoms. The average Bonchev–Trinajstić information content (AvgIpc) is 3.84. The van der Waals surface area contributed by atoms with Crippen LogP contribution in [0.5, 0.6) is 0 Å². The first-order valence-electron chi connectivity index (χ1n) is 18.0. The van der Waals surface area contributed by atoms with Crippen LogP contribution in [-0.2, 0) is 14.2 Å². The van der Waals surface area contributed by atoms with E-state index in [9.17, 15) is 0 Å². The number of allylic oxidation sites excluding steroid dienone is 1. The lowest BCUT2D eigenvalue weighted by molar-refractivity contribution is 0.0518. The molecule has 2 atom stereocenters. The van der Waals surface area contributed by atoms with Gasteiger partial charge in [-0.1, -0.05) is 114 Å². The minimum Gasteiger partial charge on any atom is -0.494 e. The maximum absolute atomic E-state index is 5.97. The number of rotatable bonds is 19. The Morgan fingerprint density at radius 3 is 2.16 bits per heavy atom. The molecule has 1 aromatic carbocycles. The fourth-order valence-electron chi connectivity index (χ4n) is 7.83. The van der Waals surface area contributed by atoms with Gasteiger partial charge in [0, 0.05) is 5.92 Å². The van der Waals surface area contributed by atoms with Gasteiger partial charge in [0.25, 0.3) is 0 Å². The smallest absolute Gasteiger partial charge is 0.114 e. The Morgan fingerprint density at radius 2 is 1.56 bits per heavy atom. The van der Waals surface area contributed by atoms with Gasteiger partial charge >= 0.3 is 0 Å². The molecule has 2 saturated carbocycles. The van der Waals surface area contributed by atoms with Gasteiger partial charge in [-0.2, -0.15) is 0 Å². The predicted molar refractivity (Wildman–Crippen MR) is 186 cm³/mol. The van der Waals surface area contributed by atoms with E-state index in [1.165, 1.54) is 89.5 Å². The van der Waals surface area contributed by atoms with Gasteiger partial charge < -0.3 is 14.2 Å². The molecule has 4 heteroatoms. The van der Waals surface area contributed by atoms with Crippen molar-refractivity contribution < 1.29 is 14.2 Å². The molecule has 3 aliphatic rings. The van der Waals surface area contributed by atoms with Crippen LogP contribution in [0.2, 0.25) is 19.1 Å². The highest BCUT2D eigenvalue weighted by atomic mass is 28.3. The van der Waals surface area contributed by atoms with Crippen molar-refractivity contribution >= 4 is 13.3 Å². The van der Waals surface area contributed by atoms with Crippen LogP contribution in [-0.4, -0.2) is 40.6 Å². The number of hydrogen-bond donors (Lipinski definition) is 0. The molecule has 0 radical (unpaired) electrons. The molecule has 2 aliphatic carbocycles. The van der Waals surface area contributed by atoms with Crippen LogP contribution >= 0.6 is 0 Å². The summed E-state index contributed by atoms with van der Waals surface area (Å²) in [5, 5.41) is 1.60. The maximum Gasteiger partial charge on any atom is 0.114 e. The van der Waals surface area contributed by atoms with Crippen molar-refractivity contribution in [3.8, 4) is 0 Å². The van der Waals surface area contributed by atoms with Crippen LogP contribution in [0.25, 0.3) is 0 Å². The third-order valence-corrected chi connectivity index (χ3v) is 14.7. The van der Waals surface area contributed by atoms with E-state index in [0.29, 0.717) is 31.0 Å². The van der Waals surface area contributed by atoms with Crippen LogP contribution in [0.15, 0.2) is 48.8 Å². The standard InChI is InChI=1S/C39H64O3Si/c1-7-8-9-11-32-13-15-34(16-14-32)35-17-19-36(20-18-35)37-21-23-39(24-22-37)43(5,6)25-10-12-33(26-40-28-38-29-42-38)27-41-31(4)30(2)3/h21-24,32-36,38H,2,4,7-20,25-29H2,1,3,5-6H3. The number of hydrogen-bond acceptors (Lipinski definition) is 3. The molecule has 242 valence electrons. The Balaban J connectivity index is 1.19. The molecule has 1 aromatic rings. The normalized spacial score (nSPS) is 26.6. The van der Waals surface area contributed by atoms with Gasteiger partial charge in [0.15, 0.2) is 0 Å². The van der Waals surface area contributed by atoms with Crippen molar-refractivity contribution in [2.24, 2.45) is 23.7 Å². The first-order valence-corrected chi connectivity index (χ1v) is 21.2. The minimum atomic E-state index is -1.50. The molecule has 0 aromatic heterocycles. The van der Waals surface area contributed by atoms with Gasteiger partial charge in [0.1, 0.15) is 11.9 Å². The molecular weight excluding hydrogens is 545 g/mol. The first kappa shape index (κ1) is 34.5. The fraction of sp³-hybridized carbons (Fsp3) is 0.744. The Kier molecular flexibility index (Phi) is 13.9. The van der Waals surface area contributed by atoms with Gasteiger partial charge in [-0.3, -0.25) is 0 Å². The Hall–Kier alpha value is -1.36. The summed E-state index contributed by atoms with van der Waals surface area (Å²) in [5.74, 6) is 4.90. The van der Waals surface area contributed by atoms with Crippen molar-refractivity contribution in [2.45, 2.75) is 135 Å². The number of benzene rings is 1. The molecule has 1 aliphatic heterocycles. The van der Waals surface area contributed by atoms with Crippen molar-refractivity contribution in [2.75, 3.05) is 26.4 Å². The van der Waals surface area contributed by atoms with Crippen LogP contribution in [0.3, 0.4) is 0 Å². The monoisotopic (exact) mass is 608 g/mol. The van der Waals surface area contributed by atoms with Crippen LogP contribution < -0.4 is 5.19 Å². The second kappa shape index (κ2) is 17.4. The predicted octanol–water partition coefficient (Wildman–Crippen LogP) is 10.2. The zero-order valence-electron chi connectivity index (χ0n) is 28.3. The molecule has 3 fully saturated rings. The third kappa shape index (κ3) is 11.5. The highest BCUT2D eigenvalue weighted by molar-refractivity contribution is 6.89. The molecular formula is C39H64O3Si. The van der Waals surface area contributed by atoms with Crippen LogP contribution in [0.1, 0.15) is 115 Å². The summed E-state index contributed by atoms with van der Waals surface area (Å²) >= 11 is 0. The molecule has 1 heterocycles. The average molecular weight is 609 g/mol. The van der Waals surface area contributed by atoms with E-state index in [1.54, 1.807) is 10.8 Å². The van der Waals surface area contributed by atoms with Crippen molar-refractivity contribution in [3.63, 3.8) is 0 Å². The fourth-order valence-corrected chi connectivity index (χ4v) is 10.3. The topological polar surface area (TPSA) is 31.0 Å². The minimum absolute atomic E-state index is 0.307. The lowest BCUT2D eigenvalue weighted by atomic mass is 9.68. The van der Waals surface area contributed by atoms with Gasteiger partial charge in [-0.15, -0.1) is 0 Å². The summed E-state index contributed by atoms with van der Waals surface area (Å²) in [6, 6.07) is 11.3. The Bertz CT molecular complexity index is 965. The van der Waals surface area contributed by atoms with E-state index in [4.69, 9.17) is 14.2 Å². The van der Waals surface area contributed by atoms with Gasteiger partial charge in [-0.05, 0) is 86.7 Å². The van der Waals surface area contributed by atoms with Crippen molar-refractivity contribution in [3.05, 3.63) is 54.3 Å². The van der Waals surface area contributed by atoms with E-state index in [1.807, 2.05) is 6.92 Å². The quantitative estimate of drug-likeness (QED) is 0.0515. The molecule has 2 unspecified atom stereocenters. The maximum atomic E-state index is 5.97. The lowest BCUT2D eigenvalue weighted by Crippen LogP contribution is -2.41. The molecule has 43 heavy (non-hydrogen) atoms. The van der Waals surface area contributed by atoms with Gasteiger partial charge in [0.2, 0.25) is 0 Å². The second-order valence-electron chi connectivity index (χ2n) is 15.2. The summed E-state index contributed by atoms with van der Waals surface area (Å²) in [6.45, 7) is 20.2. The summed E-state index contributed by atoms with van der Waals surface area (Å²) < 4.78 is 17.2. The van der Waals surface area contributed by atoms with Gasteiger partial charge in [-0.25, -0.2) is 0 Å². The first-order chi connectivity index (χ1) is 20.7. The Morgan fingerprint density at radius 1 is 0.907 bits per heavy atom. The number of ether oxygens (including phenoxy) is 3. The van der Waals surface area contributed by atoms with Gasteiger partial charge in [0.05, 0.1) is 34.5 Å². The van der Waals surface area contributed by atoms with Crippen LogP contribution in [0.4, 0.5) is 0 Å². The van der Waals surface area contributed by atoms with E-state index in [0.717, 1.165) is 48.9 Å². The lowest BCUT2D eigenvalue weighted by Gasteiger charge is -2.38. The van der Waals surface area contributed by atoms with E-state index in [-0.39, 0.29) is 0 Å². The zero-order chi connectivity index (χ0) is 30.7. The summed E-state index contributed by atoms with van der Waals surface area (Å²) in [7, 11) is -1.50. The van der Waals surface area contributed by atoms with E-state index >= 15 is 0 Å².